The summed E-state index contributed by atoms with van der Waals surface area (Å²) in [5.74, 6) is -1.85. The summed E-state index contributed by atoms with van der Waals surface area (Å²) in [5.41, 5.74) is 0.480. The molecule has 0 fully saturated rings. The van der Waals surface area contributed by atoms with Crippen LogP contribution >= 0.6 is 0 Å². The van der Waals surface area contributed by atoms with Crippen LogP contribution in [0.1, 0.15) is 18.1 Å². The van der Waals surface area contributed by atoms with Gasteiger partial charge in [-0.2, -0.15) is 5.26 Å². The molecule has 0 bridgehead atoms. The molecule has 1 N–H and O–H groups in total. The molecule has 4 nitrogen and oxygen atoms in total. The van der Waals surface area contributed by atoms with Gasteiger partial charge in [0.1, 0.15) is 11.1 Å². The Bertz CT molecular complexity index is 510. The second-order valence-electron chi connectivity index (χ2n) is 3.47. The number of carboxylic acids is 1. The van der Waals surface area contributed by atoms with E-state index in [4.69, 9.17) is 10.4 Å². The minimum absolute atomic E-state index is 0.0834. The molecule has 0 aromatic heterocycles. The lowest BCUT2D eigenvalue weighted by Gasteiger charge is -2.07. The molecule has 0 amide bonds. The standard InChI is InChI=1S/C11H10FNO3S/c1-7(11(14)15)17(16)6-9-2-8(5-13)3-10(12)4-9/h2-4,7H,6H2,1H3,(H,14,15). The summed E-state index contributed by atoms with van der Waals surface area (Å²) in [5, 5.41) is 16.3. The normalized spacial score (nSPS) is 13.7. The highest BCUT2D eigenvalue weighted by Crippen LogP contribution is 2.12. The third-order valence-electron chi connectivity index (χ3n) is 2.14. The van der Waals surface area contributed by atoms with Crippen molar-refractivity contribution in [1.82, 2.24) is 0 Å². The highest BCUT2D eigenvalue weighted by atomic mass is 32.2. The lowest BCUT2D eigenvalue weighted by Crippen LogP contribution is -2.22. The second kappa shape index (κ2) is 5.55. The van der Waals surface area contributed by atoms with Crippen molar-refractivity contribution in [3.8, 4) is 6.07 Å². The van der Waals surface area contributed by atoms with Crippen molar-refractivity contribution in [2.45, 2.75) is 17.9 Å². The molecule has 0 heterocycles. The Morgan fingerprint density at radius 3 is 2.76 bits per heavy atom. The summed E-state index contributed by atoms with van der Waals surface area (Å²) in [6.07, 6.45) is 0. The number of halogens is 1. The van der Waals surface area contributed by atoms with E-state index in [1.165, 1.54) is 13.0 Å². The van der Waals surface area contributed by atoms with Gasteiger partial charge in [0, 0.05) is 16.6 Å². The molecule has 1 aromatic carbocycles. The first kappa shape index (κ1) is 13.3. The van der Waals surface area contributed by atoms with Crippen molar-refractivity contribution in [3.63, 3.8) is 0 Å². The molecule has 0 aliphatic heterocycles. The van der Waals surface area contributed by atoms with Gasteiger partial charge in [0.05, 0.1) is 11.6 Å². The summed E-state index contributed by atoms with van der Waals surface area (Å²) in [6, 6.07) is 5.39. The van der Waals surface area contributed by atoms with Crippen LogP contribution in [0, 0.1) is 17.1 Å². The predicted octanol–water partition coefficient (Wildman–Crippen LogP) is 1.42. The maximum absolute atomic E-state index is 13.1. The second-order valence-corrected chi connectivity index (χ2v) is 5.22. The zero-order chi connectivity index (χ0) is 13.0. The van der Waals surface area contributed by atoms with Crippen LogP contribution in [-0.2, 0) is 21.3 Å². The Hall–Kier alpha value is -1.74. The Kier molecular flexibility index (Phi) is 4.35. The fourth-order valence-electron chi connectivity index (χ4n) is 1.20. The molecule has 0 saturated carbocycles. The topological polar surface area (TPSA) is 78.2 Å². The highest BCUT2D eigenvalue weighted by Gasteiger charge is 2.19. The van der Waals surface area contributed by atoms with Crippen molar-refractivity contribution in [2.24, 2.45) is 0 Å². The lowest BCUT2D eigenvalue weighted by atomic mass is 10.1. The van der Waals surface area contributed by atoms with E-state index in [1.807, 2.05) is 0 Å². The quantitative estimate of drug-likeness (QED) is 0.882. The molecule has 0 saturated heterocycles. The maximum atomic E-state index is 13.1. The number of nitrogens with zero attached hydrogens (tertiary/aromatic N) is 1. The highest BCUT2D eigenvalue weighted by molar-refractivity contribution is 7.85. The van der Waals surface area contributed by atoms with Gasteiger partial charge in [0.15, 0.2) is 0 Å². The van der Waals surface area contributed by atoms with E-state index in [2.05, 4.69) is 0 Å². The fraction of sp³-hybridized carbons (Fsp3) is 0.273. The van der Waals surface area contributed by atoms with Crippen LogP contribution in [0.4, 0.5) is 4.39 Å². The van der Waals surface area contributed by atoms with Crippen molar-refractivity contribution < 1.29 is 18.5 Å². The Labute approximate surface area is 100 Å². The minimum atomic E-state index is -1.64. The first-order valence-corrected chi connectivity index (χ1v) is 6.12. The average molecular weight is 255 g/mol. The molecule has 2 unspecified atom stereocenters. The van der Waals surface area contributed by atoms with Crippen LogP contribution in [0.3, 0.4) is 0 Å². The van der Waals surface area contributed by atoms with Crippen molar-refractivity contribution >= 4 is 16.8 Å². The van der Waals surface area contributed by atoms with E-state index < -0.39 is 27.8 Å². The maximum Gasteiger partial charge on any atom is 0.318 e. The third kappa shape index (κ3) is 3.64. The van der Waals surface area contributed by atoms with E-state index in [0.717, 1.165) is 12.1 Å². The number of benzene rings is 1. The Morgan fingerprint density at radius 1 is 1.59 bits per heavy atom. The zero-order valence-electron chi connectivity index (χ0n) is 9.01. The van der Waals surface area contributed by atoms with Crippen LogP contribution in [-0.4, -0.2) is 20.5 Å². The summed E-state index contributed by atoms with van der Waals surface area (Å²) in [4.78, 5) is 10.6. The first-order chi connectivity index (χ1) is 7.93. The van der Waals surface area contributed by atoms with Crippen LogP contribution in [0.15, 0.2) is 18.2 Å². The molecule has 0 spiro atoms. The molecule has 90 valence electrons. The molecule has 0 radical (unpaired) electrons. The number of hydrogen-bond acceptors (Lipinski definition) is 3. The van der Waals surface area contributed by atoms with Gasteiger partial charge in [0.25, 0.3) is 0 Å². The van der Waals surface area contributed by atoms with Crippen molar-refractivity contribution in [2.75, 3.05) is 0 Å². The number of rotatable bonds is 4. The van der Waals surface area contributed by atoms with Gasteiger partial charge >= 0.3 is 5.97 Å². The Balaban J connectivity index is 2.89. The van der Waals surface area contributed by atoms with Gasteiger partial charge < -0.3 is 5.11 Å². The molecule has 2 atom stereocenters. The van der Waals surface area contributed by atoms with Crippen molar-refractivity contribution in [3.05, 3.63) is 35.1 Å². The number of carbonyl (C=O) groups is 1. The van der Waals surface area contributed by atoms with E-state index in [-0.39, 0.29) is 11.3 Å². The summed E-state index contributed by atoms with van der Waals surface area (Å²) in [7, 11) is -1.64. The molecular weight excluding hydrogens is 245 g/mol. The monoisotopic (exact) mass is 255 g/mol. The molecular formula is C11H10FNO3S. The molecule has 0 aliphatic rings. The molecule has 1 rings (SSSR count). The van der Waals surface area contributed by atoms with E-state index >= 15 is 0 Å². The summed E-state index contributed by atoms with van der Waals surface area (Å²) in [6.45, 7) is 1.32. The molecule has 17 heavy (non-hydrogen) atoms. The smallest absolute Gasteiger partial charge is 0.318 e. The van der Waals surface area contributed by atoms with Crippen LogP contribution in [0.5, 0.6) is 0 Å². The molecule has 0 aliphatic carbocycles. The minimum Gasteiger partial charge on any atom is -0.480 e. The van der Waals surface area contributed by atoms with Gasteiger partial charge in [-0.1, -0.05) is 0 Å². The van der Waals surface area contributed by atoms with Crippen molar-refractivity contribution in [1.29, 1.82) is 5.26 Å². The average Bonchev–Trinajstić information content (AvgIpc) is 2.26. The number of nitriles is 1. The van der Waals surface area contributed by atoms with Crippen LogP contribution < -0.4 is 0 Å². The first-order valence-electron chi connectivity index (χ1n) is 4.73. The lowest BCUT2D eigenvalue weighted by molar-refractivity contribution is -0.136. The van der Waals surface area contributed by atoms with Crippen LogP contribution in [0.25, 0.3) is 0 Å². The summed E-state index contributed by atoms with van der Waals surface area (Å²) < 4.78 is 24.6. The van der Waals surface area contributed by atoms with E-state index in [0.29, 0.717) is 5.56 Å². The number of carboxylic acid groups (broad SMARTS) is 1. The number of hydrogen-bond donors (Lipinski definition) is 1. The summed E-state index contributed by atoms with van der Waals surface area (Å²) >= 11 is 0. The van der Waals surface area contributed by atoms with E-state index in [1.54, 1.807) is 6.07 Å². The zero-order valence-corrected chi connectivity index (χ0v) is 9.83. The van der Waals surface area contributed by atoms with Crippen LogP contribution in [0.2, 0.25) is 0 Å². The third-order valence-corrected chi connectivity index (χ3v) is 3.75. The van der Waals surface area contributed by atoms with Gasteiger partial charge in [-0.3, -0.25) is 9.00 Å². The van der Waals surface area contributed by atoms with Gasteiger partial charge in [-0.25, -0.2) is 4.39 Å². The SMILES string of the molecule is CC(C(=O)O)S(=O)Cc1cc(F)cc(C#N)c1. The fourth-order valence-corrected chi connectivity index (χ4v) is 2.17. The van der Waals surface area contributed by atoms with Gasteiger partial charge in [-0.05, 0) is 30.7 Å². The molecule has 1 aromatic rings. The molecule has 6 heteroatoms. The Morgan fingerprint density at radius 2 is 2.24 bits per heavy atom. The van der Waals surface area contributed by atoms with Gasteiger partial charge in [-0.15, -0.1) is 0 Å². The predicted molar refractivity (Wildman–Crippen MR) is 60.1 cm³/mol. The van der Waals surface area contributed by atoms with Gasteiger partial charge in [0.2, 0.25) is 0 Å². The largest absolute Gasteiger partial charge is 0.480 e. The van der Waals surface area contributed by atoms with E-state index in [9.17, 15) is 13.4 Å². The number of aliphatic carboxylic acids is 1.